The second kappa shape index (κ2) is 3.28. The molecule has 1 aliphatic rings. The summed E-state index contributed by atoms with van der Waals surface area (Å²) in [6.07, 6.45) is 7.66. The lowest BCUT2D eigenvalue weighted by molar-refractivity contribution is 0.336. The first kappa shape index (κ1) is 7.92. The summed E-state index contributed by atoms with van der Waals surface area (Å²) in [5.41, 5.74) is 0.719. The lowest BCUT2D eigenvalue weighted by atomic mass is 10.1. The normalized spacial score (nSPS) is 19.2. The molecule has 0 aromatic carbocycles. The molecule has 60 valence electrons. The van der Waals surface area contributed by atoms with Gasteiger partial charge < -0.3 is 10.2 Å². The molecule has 0 saturated carbocycles. The number of aliphatic hydroxyl groups is 2. The fraction of sp³-hybridized carbons (Fsp3) is 0.333. The summed E-state index contributed by atoms with van der Waals surface area (Å²) < 4.78 is 0. The molecular weight excluding hydrogens is 140 g/mol. The Morgan fingerprint density at radius 3 is 2.55 bits per heavy atom. The Hall–Kier alpha value is -1.18. The van der Waals surface area contributed by atoms with E-state index < -0.39 is 0 Å². The Kier molecular flexibility index (Phi) is 2.36. The lowest BCUT2D eigenvalue weighted by Crippen LogP contribution is -1.92. The van der Waals surface area contributed by atoms with Crippen LogP contribution in [0.3, 0.4) is 0 Å². The van der Waals surface area contributed by atoms with E-state index in [1.54, 1.807) is 0 Å². The maximum absolute atomic E-state index is 9.26. The minimum Gasteiger partial charge on any atom is -0.509 e. The molecule has 11 heavy (non-hydrogen) atoms. The Morgan fingerprint density at radius 1 is 1.36 bits per heavy atom. The second-order valence-electron chi connectivity index (χ2n) is 2.57. The van der Waals surface area contributed by atoms with Crippen LogP contribution in [-0.2, 0) is 0 Å². The van der Waals surface area contributed by atoms with E-state index in [2.05, 4.69) is 0 Å². The average Bonchev–Trinajstić information content (AvgIpc) is 2.05. The fourth-order valence-electron chi connectivity index (χ4n) is 0.998. The van der Waals surface area contributed by atoms with Crippen LogP contribution < -0.4 is 0 Å². The van der Waals surface area contributed by atoms with Crippen LogP contribution in [0.25, 0.3) is 0 Å². The van der Waals surface area contributed by atoms with Crippen LogP contribution in [0.5, 0.6) is 0 Å². The van der Waals surface area contributed by atoms with Gasteiger partial charge in [-0.25, -0.2) is 0 Å². The van der Waals surface area contributed by atoms with Crippen molar-refractivity contribution in [2.45, 2.75) is 19.8 Å². The zero-order chi connectivity index (χ0) is 8.27. The summed E-state index contributed by atoms with van der Waals surface area (Å²) in [5, 5.41) is 18.2. The number of hydrogen-bond acceptors (Lipinski definition) is 2. The first-order valence-corrected chi connectivity index (χ1v) is 3.67. The van der Waals surface area contributed by atoms with Crippen molar-refractivity contribution in [2.24, 2.45) is 0 Å². The zero-order valence-electron chi connectivity index (χ0n) is 6.54. The van der Waals surface area contributed by atoms with Gasteiger partial charge in [-0.05, 0) is 19.8 Å². The maximum Gasteiger partial charge on any atom is 0.159 e. The summed E-state index contributed by atoms with van der Waals surface area (Å²) >= 11 is 0. The second-order valence-corrected chi connectivity index (χ2v) is 2.57. The standard InChI is InChI=1S/C9H12O2/c1-7(10)9(11)8-5-3-2-4-6-8/h3,5-6,10-11H,2,4H2,1H3/b9-7+. The highest BCUT2D eigenvalue weighted by molar-refractivity contribution is 5.37. The number of hydrogen-bond donors (Lipinski definition) is 2. The van der Waals surface area contributed by atoms with Gasteiger partial charge in [-0.3, -0.25) is 0 Å². The van der Waals surface area contributed by atoms with Crippen LogP contribution >= 0.6 is 0 Å². The summed E-state index contributed by atoms with van der Waals surface area (Å²) in [6, 6.07) is 0. The molecule has 0 radical (unpaired) electrons. The Morgan fingerprint density at radius 2 is 2.09 bits per heavy atom. The number of allylic oxidation sites excluding steroid dienone is 4. The quantitative estimate of drug-likeness (QED) is 0.567. The van der Waals surface area contributed by atoms with E-state index >= 15 is 0 Å². The molecule has 0 aliphatic heterocycles. The van der Waals surface area contributed by atoms with Crippen LogP contribution in [0.2, 0.25) is 0 Å². The van der Waals surface area contributed by atoms with Gasteiger partial charge in [0, 0.05) is 5.57 Å². The third-order valence-electron chi connectivity index (χ3n) is 1.61. The van der Waals surface area contributed by atoms with Crippen molar-refractivity contribution in [1.29, 1.82) is 0 Å². The van der Waals surface area contributed by atoms with E-state index in [4.69, 9.17) is 5.11 Å². The maximum atomic E-state index is 9.26. The number of rotatable bonds is 1. The highest BCUT2D eigenvalue weighted by Crippen LogP contribution is 2.17. The van der Waals surface area contributed by atoms with E-state index in [0.29, 0.717) is 0 Å². The molecule has 2 heteroatoms. The smallest absolute Gasteiger partial charge is 0.159 e. The molecule has 0 unspecified atom stereocenters. The third-order valence-corrected chi connectivity index (χ3v) is 1.61. The molecule has 1 rings (SSSR count). The highest BCUT2D eigenvalue weighted by Gasteiger charge is 2.04. The molecule has 0 bridgehead atoms. The van der Waals surface area contributed by atoms with Gasteiger partial charge in [-0.15, -0.1) is 0 Å². The van der Waals surface area contributed by atoms with Crippen molar-refractivity contribution in [1.82, 2.24) is 0 Å². The number of aliphatic hydroxyl groups excluding tert-OH is 2. The minimum atomic E-state index is -0.0252. The first-order chi connectivity index (χ1) is 5.22. The van der Waals surface area contributed by atoms with E-state index in [1.165, 1.54) is 6.92 Å². The topological polar surface area (TPSA) is 40.5 Å². The van der Waals surface area contributed by atoms with Crippen LogP contribution in [0.1, 0.15) is 19.8 Å². The van der Waals surface area contributed by atoms with Gasteiger partial charge in [0.25, 0.3) is 0 Å². The van der Waals surface area contributed by atoms with Crippen LogP contribution in [0.4, 0.5) is 0 Å². The molecule has 1 aliphatic carbocycles. The molecule has 0 aromatic heterocycles. The van der Waals surface area contributed by atoms with Gasteiger partial charge in [-0.2, -0.15) is 0 Å². The summed E-state index contributed by atoms with van der Waals surface area (Å²) in [6.45, 7) is 1.47. The minimum absolute atomic E-state index is 0.0130. The van der Waals surface area contributed by atoms with Crippen molar-refractivity contribution < 1.29 is 10.2 Å². The van der Waals surface area contributed by atoms with Gasteiger partial charge in [0.15, 0.2) is 5.76 Å². The van der Waals surface area contributed by atoms with Crippen LogP contribution in [0, 0.1) is 0 Å². The van der Waals surface area contributed by atoms with E-state index in [-0.39, 0.29) is 11.5 Å². The van der Waals surface area contributed by atoms with Crippen molar-refractivity contribution in [2.75, 3.05) is 0 Å². The molecule has 0 fully saturated rings. The van der Waals surface area contributed by atoms with Crippen molar-refractivity contribution in [3.63, 3.8) is 0 Å². The fourth-order valence-corrected chi connectivity index (χ4v) is 0.998. The first-order valence-electron chi connectivity index (χ1n) is 3.67. The summed E-state index contributed by atoms with van der Waals surface area (Å²) in [4.78, 5) is 0. The molecule has 0 spiro atoms. The molecule has 0 saturated heterocycles. The largest absolute Gasteiger partial charge is 0.509 e. The molecule has 0 atom stereocenters. The molecule has 0 aromatic rings. The molecule has 0 heterocycles. The predicted molar refractivity (Wildman–Crippen MR) is 44.4 cm³/mol. The van der Waals surface area contributed by atoms with Crippen molar-refractivity contribution in [3.8, 4) is 0 Å². The summed E-state index contributed by atoms with van der Waals surface area (Å²) in [7, 11) is 0. The SMILES string of the molecule is C/C(O)=C(\O)C1=CCCC=C1. The Labute approximate surface area is 66.2 Å². The van der Waals surface area contributed by atoms with E-state index in [0.717, 1.165) is 18.4 Å². The van der Waals surface area contributed by atoms with E-state index in [1.807, 2.05) is 18.2 Å². The van der Waals surface area contributed by atoms with Crippen LogP contribution in [0.15, 0.2) is 35.3 Å². The van der Waals surface area contributed by atoms with Gasteiger partial charge in [0.05, 0.1) is 0 Å². The molecule has 2 N–H and O–H groups in total. The highest BCUT2D eigenvalue weighted by atomic mass is 16.3. The van der Waals surface area contributed by atoms with Gasteiger partial charge in [0.1, 0.15) is 5.76 Å². The molecule has 2 nitrogen and oxygen atoms in total. The van der Waals surface area contributed by atoms with Crippen molar-refractivity contribution >= 4 is 0 Å². The third kappa shape index (κ3) is 1.87. The predicted octanol–water partition coefficient (Wildman–Crippen LogP) is 2.61. The van der Waals surface area contributed by atoms with Gasteiger partial charge in [-0.1, -0.05) is 18.2 Å². The average molecular weight is 152 g/mol. The molecular formula is C9H12O2. The van der Waals surface area contributed by atoms with Gasteiger partial charge >= 0.3 is 0 Å². The Bertz CT molecular complexity index is 230. The van der Waals surface area contributed by atoms with E-state index in [9.17, 15) is 5.11 Å². The van der Waals surface area contributed by atoms with Crippen LogP contribution in [-0.4, -0.2) is 10.2 Å². The lowest BCUT2D eigenvalue weighted by Gasteiger charge is -2.05. The Balaban J connectivity index is 2.83. The van der Waals surface area contributed by atoms with Gasteiger partial charge in [0.2, 0.25) is 0 Å². The zero-order valence-corrected chi connectivity index (χ0v) is 6.54. The van der Waals surface area contributed by atoms with Crippen molar-refractivity contribution in [3.05, 3.63) is 35.3 Å². The summed E-state index contributed by atoms with van der Waals surface area (Å²) in [5.74, 6) is -0.0382. The monoisotopic (exact) mass is 152 g/mol. The molecule has 0 amide bonds.